The van der Waals surface area contributed by atoms with Gasteiger partial charge in [-0.2, -0.15) is 0 Å². The number of fused-ring (bicyclic) bond motifs is 1. The van der Waals surface area contributed by atoms with Crippen LogP contribution in [-0.2, 0) is 16.4 Å². The summed E-state index contributed by atoms with van der Waals surface area (Å²) >= 11 is 0. The van der Waals surface area contributed by atoms with Gasteiger partial charge in [0.25, 0.3) is 10.0 Å². The van der Waals surface area contributed by atoms with Gasteiger partial charge in [-0.05, 0) is 54.7 Å². The maximum atomic E-state index is 13.1. The summed E-state index contributed by atoms with van der Waals surface area (Å²) in [5.41, 5.74) is 4.57. The van der Waals surface area contributed by atoms with E-state index in [9.17, 15) is 8.42 Å². The molecule has 0 bridgehead atoms. The van der Waals surface area contributed by atoms with Crippen molar-refractivity contribution in [2.45, 2.75) is 42.7 Å². The van der Waals surface area contributed by atoms with E-state index in [1.807, 2.05) is 18.2 Å². The Morgan fingerprint density at radius 3 is 2.40 bits per heavy atom. The van der Waals surface area contributed by atoms with Gasteiger partial charge in [0.2, 0.25) is 0 Å². The molecule has 3 aromatic carbocycles. The molecule has 3 atom stereocenters. The molecule has 0 spiro atoms. The Morgan fingerprint density at radius 2 is 1.67 bits per heavy atom. The van der Waals surface area contributed by atoms with Crippen molar-refractivity contribution in [1.29, 1.82) is 0 Å². The van der Waals surface area contributed by atoms with Gasteiger partial charge in [0.1, 0.15) is 0 Å². The first kappa shape index (κ1) is 19.3. The average molecular weight is 419 g/mol. The molecule has 1 unspecified atom stereocenters. The van der Waals surface area contributed by atoms with Gasteiger partial charge >= 0.3 is 0 Å². The number of nitrogens with zero attached hydrogens (tertiary/aromatic N) is 1. The lowest BCUT2D eigenvalue weighted by molar-refractivity contribution is 0.563. The second-order valence-electron chi connectivity index (χ2n) is 8.28. The fourth-order valence-electron chi connectivity index (χ4n) is 4.50. The predicted octanol–water partition coefficient (Wildman–Crippen LogP) is 4.64. The van der Waals surface area contributed by atoms with Crippen molar-refractivity contribution in [2.75, 3.05) is 10.8 Å². The molecule has 0 saturated heterocycles. The summed E-state index contributed by atoms with van der Waals surface area (Å²) in [4.78, 5) is 0.350. The van der Waals surface area contributed by atoms with Crippen LogP contribution in [0.1, 0.15) is 42.0 Å². The molecule has 1 fully saturated rings. The molecule has 5 heteroatoms. The maximum Gasteiger partial charge on any atom is 0.264 e. The summed E-state index contributed by atoms with van der Waals surface area (Å²) in [5, 5.41) is 3.73. The molecule has 2 aliphatic rings. The number of benzene rings is 3. The Kier molecular flexibility index (Phi) is 4.88. The van der Waals surface area contributed by atoms with Crippen LogP contribution in [0.3, 0.4) is 0 Å². The highest BCUT2D eigenvalue weighted by atomic mass is 32.2. The lowest BCUT2D eigenvalue weighted by Gasteiger charge is -2.20. The van der Waals surface area contributed by atoms with Gasteiger partial charge in [-0.3, -0.25) is 4.31 Å². The zero-order chi connectivity index (χ0) is 20.7. The molecule has 1 heterocycles. The minimum Gasteiger partial charge on any atom is -0.307 e. The molecule has 1 aliphatic heterocycles. The molecule has 1 aliphatic carbocycles. The SMILES string of the molecule is CC(N[C@@H]1C[C@H]1c1ccc2c(c1)CCN2S(=O)(=O)c1ccccc1)c1ccccc1. The van der Waals surface area contributed by atoms with E-state index in [0.717, 1.165) is 24.1 Å². The van der Waals surface area contributed by atoms with E-state index < -0.39 is 10.0 Å². The van der Waals surface area contributed by atoms with Crippen LogP contribution in [0.5, 0.6) is 0 Å². The first-order chi connectivity index (χ1) is 14.5. The Labute approximate surface area is 178 Å². The fourth-order valence-corrected chi connectivity index (χ4v) is 6.02. The molecule has 1 saturated carbocycles. The van der Waals surface area contributed by atoms with E-state index in [0.29, 0.717) is 29.4 Å². The van der Waals surface area contributed by atoms with Crippen LogP contribution < -0.4 is 9.62 Å². The number of sulfonamides is 1. The van der Waals surface area contributed by atoms with E-state index >= 15 is 0 Å². The molecule has 30 heavy (non-hydrogen) atoms. The number of nitrogens with one attached hydrogen (secondary N) is 1. The van der Waals surface area contributed by atoms with E-state index in [-0.39, 0.29) is 0 Å². The van der Waals surface area contributed by atoms with E-state index in [1.165, 1.54) is 11.1 Å². The first-order valence-electron chi connectivity index (χ1n) is 10.6. The Bertz CT molecular complexity index is 1150. The van der Waals surface area contributed by atoms with Crippen molar-refractivity contribution < 1.29 is 8.42 Å². The summed E-state index contributed by atoms with van der Waals surface area (Å²) in [6, 6.07) is 26.3. The van der Waals surface area contributed by atoms with Crippen LogP contribution in [0.25, 0.3) is 0 Å². The summed E-state index contributed by atoms with van der Waals surface area (Å²) in [7, 11) is -3.51. The monoisotopic (exact) mass is 418 g/mol. The third kappa shape index (κ3) is 3.53. The van der Waals surface area contributed by atoms with Crippen LogP contribution in [0, 0.1) is 0 Å². The summed E-state index contributed by atoms with van der Waals surface area (Å²) < 4.78 is 27.7. The van der Waals surface area contributed by atoms with Crippen molar-refractivity contribution in [2.24, 2.45) is 0 Å². The van der Waals surface area contributed by atoms with Crippen LogP contribution in [0.2, 0.25) is 0 Å². The van der Waals surface area contributed by atoms with Crippen molar-refractivity contribution in [3.05, 3.63) is 95.6 Å². The van der Waals surface area contributed by atoms with Gasteiger partial charge in [-0.25, -0.2) is 8.42 Å². The first-order valence-corrected chi connectivity index (χ1v) is 12.0. The molecule has 0 aromatic heterocycles. The zero-order valence-corrected chi connectivity index (χ0v) is 17.8. The number of hydrogen-bond donors (Lipinski definition) is 1. The van der Waals surface area contributed by atoms with E-state index in [2.05, 4.69) is 48.6 Å². The average Bonchev–Trinajstić information content (AvgIpc) is 3.40. The van der Waals surface area contributed by atoms with Crippen molar-refractivity contribution in [1.82, 2.24) is 5.32 Å². The summed E-state index contributed by atoms with van der Waals surface area (Å²) in [6.07, 6.45) is 1.89. The topological polar surface area (TPSA) is 49.4 Å². The van der Waals surface area contributed by atoms with Crippen molar-refractivity contribution in [3.8, 4) is 0 Å². The van der Waals surface area contributed by atoms with Gasteiger partial charge in [0.05, 0.1) is 10.6 Å². The number of anilines is 1. The molecule has 154 valence electrons. The van der Waals surface area contributed by atoms with E-state index in [1.54, 1.807) is 28.6 Å². The van der Waals surface area contributed by atoms with Crippen LogP contribution in [0.15, 0.2) is 83.8 Å². The van der Waals surface area contributed by atoms with Gasteiger partial charge in [-0.1, -0.05) is 60.7 Å². The lowest BCUT2D eigenvalue weighted by atomic mass is 10.0. The smallest absolute Gasteiger partial charge is 0.264 e. The quantitative estimate of drug-likeness (QED) is 0.634. The minimum atomic E-state index is -3.51. The standard InChI is InChI=1S/C25H26N2O2S/c1-18(19-8-4-2-5-9-19)26-24-17-23(24)20-12-13-25-21(16-20)14-15-27(25)30(28,29)22-10-6-3-7-11-22/h2-13,16,18,23-24,26H,14-15,17H2,1H3/t18?,23-,24+/m0/s1. The van der Waals surface area contributed by atoms with Crippen molar-refractivity contribution >= 4 is 15.7 Å². The summed E-state index contributed by atoms with van der Waals surface area (Å²) in [5.74, 6) is 0.501. The van der Waals surface area contributed by atoms with Gasteiger partial charge in [0.15, 0.2) is 0 Å². The predicted molar refractivity (Wildman–Crippen MR) is 120 cm³/mol. The zero-order valence-electron chi connectivity index (χ0n) is 17.0. The molecule has 0 radical (unpaired) electrons. The highest BCUT2D eigenvalue weighted by Gasteiger charge is 2.40. The van der Waals surface area contributed by atoms with Crippen LogP contribution in [-0.4, -0.2) is 21.0 Å². The highest BCUT2D eigenvalue weighted by Crippen LogP contribution is 2.44. The molecule has 0 amide bonds. The highest BCUT2D eigenvalue weighted by molar-refractivity contribution is 7.92. The van der Waals surface area contributed by atoms with Gasteiger partial charge in [0, 0.05) is 24.5 Å². The second kappa shape index (κ2) is 7.56. The third-order valence-corrected chi connectivity index (χ3v) is 8.10. The molecular formula is C25H26N2O2S. The largest absolute Gasteiger partial charge is 0.307 e. The molecule has 1 N–H and O–H groups in total. The van der Waals surface area contributed by atoms with Crippen LogP contribution >= 0.6 is 0 Å². The Balaban J connectivity index is 1.31. The molecule has 4 nitrogen and oxygen atoms in total. The molecular weight excluding hydrogens is 392 g/mol. The van der Waals surface area contributed by atoms with Crippen molar-refractivity contribution in [3.63, 3.8) is 0 Å². The second-order valence-corrected chi connectivity index (χ2v) is 10.1. The van der Waals surface area contributed by atoms with Crippen LogP contribution in [0.4, 0.5) is 5.69 Å². The molecule has 5 rings (SSSR count). The normalized spacial score (nSPS) is 21.3. The minimum absolute atomic E-state index is 0.321. The number of hydrogen-bond acceptors (Lipinski definition) is 3. The summed E-state index contributed by atoms with van der Waals surface area (Å²) in [6.45, 7) is 2.72. The molecule has 3 aromatic rings. The Morgan fingerprint density at radius 1 is 0.967 bits per heavy atom. The third-order valence-electron chi connectivity index (χ3n) is 6.27. The number of rotatable bonds is 6. The van der Waals surface area contributed by atoms with E-state index in [4.69, 9.17) is 0 Å². The Hall–Kier alpha value is -2.63. The fraction of sp³-hybridized carbons (Fsp3) is 0.280. The van der Waals surface area contributed by atoms with Gasteiger partial charge in [-0.15, -0.1) is 0 Å². The van der Waals surface area contributed by atoms with Gasteiger partial charge < -0.3 is 5.32 Å². The maximum absolute atomic E-state index is 13.1. The lowest BCUT2D eigenvalue weighted by Crippen LogP contribution is -2.29.